The molecule has 30 heavy (non-hydrogen) atoms. The van der Waals surface area contributed by atoms with Gasteiger partial charge in [0.2, 0.25) is 0 Å². The van der Waals surface area contributed by atoms with Crippen LogP contribution in [0.5, 0.6) is 0 Å². The molecule has 1 N–H and O–H groups in total. The molecule has 1 saturated heterocycles. The SMILES string of the molecule is CCN1c2ccccc2N(C2CCN(C3CCC4CCCCC4C3)CC2)C1NC#N. The third-order valence-corrected chi connectivity index (χ3v) is 8.48. The summed E-state index contributed by atoms with van der Waals surface area (Å²) in [7, 11) is 0. The van der Waals surface area contributed by atoms with Gasteiger partial charge in [0.25, 0.3) is 0 Å². The van der Waals surface area contributed by atoms with E-state index in [0.29, 0.717) is 6.04 Å². The normalized spacial score (nSPS) is 32.4. The van der Waals surface area contributed by atoms with Crippen molar-refractivity contribution in [2.24, 2.45) is 11.8 Å². The molecule has 0 aromatic heterocycles. The van der Waals surface area contributed by atoms with Gasteiger partial charge in [0.1, 0.15) is 0 Å². The standard InChI is InChI=1S/C25H37N5/c1-2-29-23-9-5-6-10-24(23)30(25(29)27-18-26)21-13-15-28(16-14-21)22-12-11-19-7-3-4-8-20(19)17-22/h5-6,9-10,19-22,25,27H,2-4,7-8,11-17H2,1H3. The quantitative estimate of drug-likeness (QED) is 0.588. The molecule has 5 nitrogen and oxygen atoms in total. The predicted octanol–water partition coefficient (Wildman–Crippen LogP) is 4.51. The van der Waals surface area contributed by atoms with Crippen molar-refractivity contribution in [2.75, 3.05) is 29.4 Å². The van der Waals surface area contributed by atoms with Gasteiger partial charge in [-0.05, 0) is 63.0 Å². The Labute approximate surface area is 182 Å². The Kier molecular flexibility index (Phi) is 5.78. The lowest BCUT2D eigenvalue weighted by molar-refractivity contribution is 0.0582. The van der Waals surface area contributed by atoms with Crippen LogP contribution in [0, 0.1) is 23.3 Å². The average Bonchev–Trinajstić information content (AvgIpc) is 3.12. The maximum absolute atomic E-state index is 9.42. The van der Waals surface area contributed by atoms with Crippen molar-refractivity contribution in [1.82, 2.24) is 10.2 Å². The molecule has 0 amide bonds. The zero-order chi connectivity index (χ0) is 20.5. The molecule has 0 spiro atoms. The number of anilines is 2. The van der Waals surface area contributed by atoms with Crippen molar-refractivity contribution in [1.29, 1.82) is 5.26 Å². The van der Waals surface area contributed by atoms with Crippen LogP contribution < -0.4 is 15.1 Å². The number of hydrogen-bond donors (Lipinski definition) is 1. The Morgan fingerprint density at radius 1 is 0.933 bits per heavy atom. The number of rotatable bonds is 4. The average molecular weight is 408 g/mol. The van der Waals surface area contributed by atoms with Crippen molar-refractivity contribution in [3.8, 4) is 6.19 Å². The maximum Gasteiger partial charge on any atom is 0.187 e. The van der Waals surface area contributed by atoms with Crippen LogP contribution in [-0.2, 0) is 0 Å². The Morgan fingerprint density at radius 3 is 2.40 bits per heavy atom. The summed E-state index contributed by atoms with van der Waals surface area (Å²) in [6.45, 7) is 5.49. The second kappa shape index (κ2) is 8.67. The van der Waals surface area contributed by atoms with Crippen LogP contribution in [0.2, 0.25) is 0 Å². The van der Waals surface area contributed by atoms with Crippen molar-refractivity contribution in [3.05, 3.63) is 24.3 Å². The first kappa shape index (κ1) is 20.0. The smallest absolute Gasteiger partial charge is 0.187 e. The van der Waals surface area contributed by atoms with E-state index in [0.717, 1.165) is 24.4 Å². The van der Waals surface area contributed by atoms with Gasteiger partial charge in [-0.1, -0.05) is 37.8 Å². The zero-order valence-electron chi connectivity index (χ0n) is 18.5. The highest BCUT2D eigenvalue weighted by Crippen LogP contribution is 2.44. The number of para-hydroxylation sites is 2. The van der Waals surface area contributed by atoms with Crippen LogP contribution in [0.4, 0.5) is 11.4 Å². The minimum Gasteiger partial charge on any atom is -0.332 e. The molecule has 0 bridgehead atoms. The fourth-order valence-electron chi connectivity index (χ4n) is 6.99. The number of nitrogens with one attached hydrogen (secondary N) is 1. The topological polar surface area (TPSA) is 45.5 Å². The van der Waals surface area contributed by atoms with Crippen LogP contribution in [0.25, 0.3) is 0 Å². The Hall–Kier alpha value is -1.93. The predicted molar refractivity (Wildman–Crippen MR) is 122 cm³/mol. The van der Waals surface area contributed by atoms with E-state index in [1.807, 2.05) is 0 Å². The third kappa shape index (κ3) is 3.54. The lowest BCUT2D eigenvalue weighted by Crippen LogP contribution is -2.58. The Bertz CT molecular complexity index is 765. The molecular weight excluding hydrogens is 370 g/mol. The van der Waals surface area contributed by atoms with Crippen molar-refractivity contribution >= 4 is 11.4 Å². The zero-order valence-corrected chi connectivity index (χ0v) is 18.5. The monoisotopic (exact) mass is 407 g/mol. The van der Waals surface area contributed by atoms with E-state index in [1.165, 1.54) is 82.3 Å². The molecule has 4 aliphatic rings. The number of nitriles is 1. The number of nitrogens with zero attached hydrogens (tertiary/aromatic N) is 4. The van der Waals surface area contributed by atoms with E-state index in [9.17, 15) is 5.26 Å². The van der Waals surface area contributed by atoms with E-state index in [2.05, 4.69) is 57.4 Å². The molecule has 2 aliphatic carbocycles. The highest BCUT2D eigenvalue weighted by atomic mass is 15.5. The number of benzene rings is 1. The van der Waals surface area contributed by atoms with Gasteiger partial charge in [-0.3, -0.25) is 5.32 Å². The first-order valence-corrected chi connectivity index (χ1v) is 12.3. The largest absolute Gasteiger partial charge is 0.332 e. The minimum absolute atomic E-state index is 0.0494. The third-order valence-electron chi connectivity index (χ3n) is 8.48. The van der Waals surface area contributed by atoms with Gasteiger partial charge in [0, 0.05) is 31.7 Å². The van der Waals surface area contributed by atoms with Gasteiger partial charge >= 0.3 is 0 Å². The van der Waals surface area contributed by atoms with Gasteiger partial charge in [0.15, 0.2) is 12.5 Å². The summed E-state index contributed by atoms with van der Waals surface area (Å²) in [5, 5.41) is 12.5. The van der Waals surface area contributed by atoms with Crippen molar-refractivity contribution in [2.45, 2.75) is 83.1 Å². The molecule has 5 rings (SSSR count). The summed E-state index contributed by atoms with van der Waals surface area (Å²) in [4.78, 5) is 7.64. The van der Waals surface area contributed by atoms with Crippen molar-refractivity contribution in [3.63, 3.8) is 0 Å². The van der Waals surface area contributed by atoms with E-state index >= 15 is 0 Å². The van der Waals surface area contributed by atoms with Gasteiger partial charge in [-0.2, -0.15) is 5.26 Å². The van der Waals surface area contributed by atoms with Crippen LogP contribution in [0.1, 0.15) is 64.7 Å². The van der Waals surface area contributed by atoms with Crippen LogP contribution in [0.15, 0.2) is 24.3 Å². The Balaban J connectivity index is 1.26. The molecule has 5 heteroatoms. The molecule has 0 radical (unpaired) electrons. The van der Waals surface area contributed by atoms with Gasteiger partial charge in [-0.15, -0.1) is 0 Å². The maximum atomic E-state index is 9.42. The fraction of sp³-hybridized carbons (Fsp3) is 0.720. The summed E-state index contributed by atoms with van der Waals surface area (Å²) in [5.41, 5.74) is 2.54. The first-order chi connectivity index (χ1) is 14.8. The van der Waals surface area contributed by atoms with E-state index in [1.54, 1.807) is 0 Å². The van der Waals surface area contributed by atoms with E-state index in [4.69, 9.17) is 0 Å². The van der Waals surface area contributed by atoms with Crippen LogP contribution in [-0.4, -0.2) is 42.9 Å². The van der Waals surface area contributed by atoms with Gasteiger partial charge < -0.3 is 14.7 Å². The second-order valence-corrected chi connectivity index (χ2v) is 9.85. The number of piperidine rings is 1. The molecule has 2 aliphatic heterocycles. The minimum atomic E-state index is -0.0494. The highest BCUT2D eigenvalue weighted by Gasteiger charge is 2.41. The molecular formula is C25H37N5. The van der Waals surface area contributed by atoms with Crippen LogP contribution >= 0.6 is 0 Å². The molecule has 3 fully saturated rings. The lowest BCUT2D eigenvalue weighted by atomic mass is 9.69. The van der Waals surface area contributed by atoms with Gasteiger partial charge in [0.05, 0.1) is 11.4 Å². The summed E-state index contributed by atoms with van der Waals surface area (Å²) in [6, 6.07) is 9.98. The number of likely N-dealkylation sites (tertiary alicyclic amines) is 1. The second-order valence-electron chi connectivity index (χ2n) is 9.85. The van der Waals surface area contributed by atoms with Crippen LogP contribution in [0.3, 0.4) is 0 Å². The molecule has 1 aromatic carbocycles. The molecule has 4 unspecified atom stereocenters. The van der Waals surface area contributed by atoms with Crippen molar-refractivity contribution < 1.29 is 0 Å². The Morgan fingerprint density at radius 2 is 1.67 bits per heavy atom. The number of fused-ring (bicyclic) bond motifs is 2. The van der Waals surface area contributed by atoms with E-state index in [-0.39, 0.29) is 6.29 Å². The molecule has 2 heterocycles. The summed E-state index contributed by atoms with van der Waals surface area (Å²) >= 11 is 0. The summed E-state index contributed by atoms with van der Waals surface area (Å²) in [6.07, 6.45) is 14.8. The fourth-order valence-corrected chi connectivity index (χ4v) is 6.99. The molecule has 2 saturated carbocycles. The summed E-state index contributed by atoms with van der Waals surface area (Å²) < 4.78 is 0. The lowest BCUT2D eigenvalue weighted by Gasteiger charge is -2.47. The molecule has 4 atom stereocenters. The van der Waals surface area contributed by atoms with Gasteiger partial charge in [-0.25, -0.2) is 0 Å². The molecule has 1 aromatic rings. The first-order valence-electron chi connectivity index (χ1n) is 12.3. The highest BCUT2D eigenvalue weighted by molar-refractivity contribution is 5.78. The summed E-state index contributed by atoms with van der Waals surface area (Å²) in [5.74, 6) is 2.04. The number of hydrogen-bond acceptors (Lipinski definition) is 5. The molecule has 162 valence electrons. The van der Waals surface area contributed by atoms with E-state index < -0.39 is 0 Å².